The molecule has 1 aromatic carbocycles. The van der Waals surface area contributed by atoms with Gasteiger partial charge in [-0.15, -0.1) is 18.3 Å². The lowest BCUT2D eigenvalue weighted by Gasteiger charge is -2.09. The zero-order valence-corrected chi connectivity index (χ0v) is 12.6. The van der Waals surface area contributed by atoms with Gasteiger partial charge in [0.15, 0.2) is 0 Å². The molecule has 2 aromatic rings. The number of rotatable bonds is 6. The molecule has 1 aromatic heterocycles. The van der Waals surface area contributed by atoms with Gasteiger partial charge in [-0.05, 0) is 30.7 Å². The molecule has 2 rings (SSSR count). The van der Waals surface area contributed by atoms with E-state index in [1.807, 2.05) is 11.6 Å². The fourth-order valence-electron chi connectivity index (χ4n) is 1.60. The molecule has 0 saturated heterocycles. The van der Waals surface area contributed by atoms with Crippen LogP contribution in [0.2, 0.25) is 0 Å². The molecule has 11 heteroatoms. The number of aromatic nitrogens is 2. The Morgan fingerprint density at radius 1 is 1.22 bits per heavy atom. The van der Waals surface area contributed by atoms with Crippen molar-refractivity contribution in [2.75, 3.05) is 4.72 Å². The first kappa shape index (κ1) is 17.1. The van der Waals surface area contributed by atoms with Gasteiger partial charge in [0.05, 0.1) is 4.90 Å². The summed E-state index contributed by atoms with van der Waals surface area (Å²) < 4.78 is 71.1. The number of aryl methyl sites for hydroxylation is 1. The number of nitrogens with one attached hydrogen (secondary N) is 1. The van der Waals surface area contributed by atoms with Gasteiger partial charge in [0, 0.05) is 6.42 Å². The number of nitrogens with zero attached hydrogens (tertiary/aromatic N) is 2. The third kappa shape index (κ3) is 4.84. The third-order valence-electron chi connectivity index (χ3n) is 2.52. The lowest BCUT2D eigenvalue weighted by Crippen LogP contribution is -2.17. The minimum absolute atomic E-state index is 0.276. The number of sulfonamides is 1. The Morgan fingerprint density at radius 3 is 2.43 bits per heavy atom. The molecular formula is C12H12F3N3O4S. The van der Waals surface area contributed by atoms with E-state index in [0.717, 1.165) is 30.7 Å². The number of hydrogen-bond acceptors (Lipinski definition) is 6. The molecule has 126 valence electrons. The molecule has 1 heterocycles. The van der Waals surface area contributed by atoms with Gasteiger partial charge in [-0.3, -0.25) is 0 Å². The van der Waals surface area contributed by atoms with Crippen LogP contribution < -0.4 is 9.46 Å². The highest BCUT2D eigenvalue weighted by molar-refractivity contribution is 7.92. The molecule has 23 heavy (non-hydrogen) atoms. The number of halogens is 3. The molecule has 0 spiro atoms. The van der Waals surface area contributed by atoms with Crippen LogP contribution in [0.1, 0.15) is 19.2 Å². The standard InChI is InChI=1S/C12H12F3N3O4S/c1-2-3-10-16-17-11(21-10)18-23(19,20)9-6-4-8(5-7-9)22-12(13,14)15/h4-7H,2-3H2,1H3,(H,17,18). The molecule has 0 bridgehead atoms. The molecule has 0 aliphatic heterocycles. The van der Waals surface area contributed by atoms with Crippen molar-refractivity contribution in [3.63, 3.8) is 0 Å². The van der Waals surface area contributed by atoms with Crippen molar-refractivity contribution in [2.45, 2.75) is 31.0 Å². The Kier molecular flexibility index (Phi) is 4.78. The number of alkyl halides is 3. The molecule has 0 radical (unpaired) electrons. The molecule has 7 nitrogen and oxygen atoms in total. The first-order chi connectivity index (χ1) is 10.7. The Bertz CT molecular complexity index is 757. The summed E-state index contributed by atoms with van der Waals surface area (Å²) in [6, 6.07) is 3.39. The maximum Gasteiger partial charge on any atom is 0.573 e. The van der Waals surface area contributed by atoms with E-state index in [4.69, 9.17) is 4.42 Å². The normalized spacial score (nSPS) is 12.2. The predicted molar refractivity (Wildman–Crippen MR) is 72.2 cm³/mol. The van der Waals surface area contributed by atoms with E-state index in [2.05, 4.69) is 14.9 Å². The van der Waals surface area contributed by atoms with E-state index in [-0.39, 0.29) is 16.8 Å². The van der Waals surface area contributed by atoms with Crippen LogP contribution in [0.25, 0.3) is 0 Å². The van der Waals surface area contributed by atoms with E-state index < -0.39 is 22.1 Å². The van der Waals surface area contributed by atoms with Gasteiger partial charge in [0.2, 0.25) is 5.89 Å². The zero-order valence-electron chi connectivity index (χ0n) is 11.8. The number of benzene rings is 1. The van der Waals surface area contributed by atoms with E-state index in [1.165, 1.54) is 0 Å². The molecule has 1 N–H and O–H groups in total. The van der Waals surface area contributed by atoms with Crippen molar-refractivity contribution >= 4 is 16.0 Å². The average molecular weight is 351 g/mol. The van der Waals surface area contributed by atoms with Gasteiger partial charge >= 0.3 is 12.4 Å². The summed E-state index contributed by atoms with van der Waals surface area (Å²) in [7, 11) is -4.06. The minimum atomic E-state index is -4.85. The van der Waals surface area contributed by atoms with E-state index in [9.17, 15) is 21.6 Å². The fraction of sp³-hybridized carbons (Fsp3) is 0.333. The predicted octanol–water partition coefficient (Wildman–Crippen LogP) is 2.72. The van der Waals surface area contributed by atoms with Crippen LogP contribution >= 0.6 is 0 Å². The van der Waals surface area contributed by atoms with Crippen LogP contribution in [0.5, 0.6) is 5.75 Å². The molecule has 0 saturated carbocycles. The maximum atomic E-state index is 12.1. The molecule has 0 atom stereocenters. The molecule has 0 unspecified atom stereocenters. The minimum Gasteiger partial charge on any atom is -0.407 e. The summed E-state index contributed by atoms with van der Waals surface area (Å²) in [5, 5.41) is 7.18. The summed E-state index contributed by atoms with van der Waals surface area (Å²) in [6.45, 7) is 1.89. The maximum absolute atomic E-state index is 12.1. The number of anilines is 1. The first-order valence-corrected chi connectivity index (χ1v) is 7.89. The van der Waals surface area contributed by atoms with E-state index in [1.54, 1.807) is 0 Å². The summed E-state index contributed by atoms with van der Waals surface area (Å²) in [5.41, 5.74) is 0. The monoisotopic (exact) mass is 351 g/mol. The van der Waals surface area contributed by atoms with Gasteiger partial charge < -0.3 is 9.15 Å². The van der Waals surface area contributed by atoms with Gasteiger partial charge in [-0.25, -0.2) is 13.1 Å². The van der Waals surface area contributed by atoms with Gasteiger partial charge in [-0.2, -0.15) is 0 Å². The zero-order chi connectivity index (χ0) is 17.1. The first-order valence-electron chi connectivity index (χ1n) is 6.40. The highest BCUT2D eigenvalue weighted by Crippen LogP contribution is 2.24. The second-order valence-electron chi connectivity index (χ2n) is 4.38. The molecule has 0 aliphatic rings. The Balaban J connectivity index is 2.12. The van der Waals surface area contributed by atoms with Gasteiger partial charge in [0.1, 0.15) is 5.75 Å². The topological polar surface area (TPSA) is 94.3 Å². The van der Waals surface area contributed by atoms with E-state index in [0.29, 0.717) is 6.42 Å². The quantitative estimate of drug-likeness (QED) is 0.860. The van der Waals surface area contributed by atoms with Crippen molar-refractivity contribution in [3.05, 3.63) is 30.2 Å². The highest BCUT2D eigenvalue weighted by Gasteiger charge is 2.31. The van der Waals surface area contributed by atoms with Crippen molar-refractivity contribution in [1.82, 2.24) is 10.2 Å². The Hall–Kier alpha value is -2.30. The summed E-state index contributed by atoms with van der Waals surface area (Å²) in [4.78, 5) is -0.276. The summed E-state index contributed by atoms with van der Waals surface area (Å²) in [5.74, 6) is -0.251. The third-order valence-corrected chi connectivity index (χ3v) is 3.86. The van der Waals surface area contributed by atoms with Crippen molar-refractivity contribution in [3.8, 4) is 5.75 Å². The smallest absolute Gasteiger partial charge is 0.407 e. The SMILES string of the molecule is CCCc1nnc(NS(=O)(=O)c2ccc(OC(F)(F)F)cc2)o1. The fourth-order valence-corrected chi connectivity index (χ4v) is 2.53. The largest absolute Gasteiger partial charge is 0.573 e. The van der Waals surface area contributed by atoms with Crippen molar-refractivity contribution < 1.29 is 30.7 Å². The van der Waals surface area contributed by atoms with Crippen LogP contribution in [0, 0.1) is 0 Å². The molecule has 0 fully saturated rings. The molecule has 0 aliphatic carbocycles. The second kappa shape index (κ2) is 6.44. The summed E-state index contributed by atoms with van der Waals surface area (Å²) >= 11 is 0. The van der Waals surface area contributed by atoms with Crippen LogP contribution in [-0.4, -0.2) is 25.0 Å². The van der Waals surface area contributed by atoms with Crippen LogP contribution in [0.15, 0.2) is 33.6 Å². The van der Waals surface area contributed by atoms with Gasteiger partial charge in [-0.1, -0.05) is 12.0 Å². The van der Waals surface area contributed by atoms with Crippen LogP contribution in [0.4, 0.5) is 19.2 Å². The van der Waals surface area contributed by atoms with Gasteiger partial charge in [0.25, 0.3) is 10.0 Å². The van der Waals surface area contributed by atoms with Crippen molar-refractivity contribution in [1.29, 1.82) is 0 Å². The molecule has 0 amide bonds. The second-order valence-corrected chi connectivity index (χ2v) is 6.06. The average Bonchev–Trinajstić information content (AvgIpc) is 2.84. The summed E-state index contributed by atoms with van der Waals surface area (Å²) in [6.07, 6.45) is -3.61. The number of hydrogen-bond donors (Lipinski definition) is 1. The lowest BCUT2D eigenvalue weighted by atomic mass is 10.3. The Morgan fingerprint density at radius 2 is 1.87 bits per heavy atom. The Labute approximate surface area is 129 Å². The van der Waals surface area contributed by atoms with E-state index >= 15 is 0 Å². The van der Waals surface area contributed by atoms with Crippen LogP contribution in [-0.2, 0) is 16.4 Å². The highest BCUT2D eigenvalue weighted by atomic mass is 32.2. The van der Waals surface area contributed by atoms with Crippen molar-refractivity contribution in [2.24, 2.45) is 0 Å². The number of ether oxygens (including phenoxy) is 1. The molecular weight excluding hydrogens is 339 g/mol. The van der Waals surface area contributed by atoms with Crippen LogP contribution in [0.3, 0.4) is 0 Å². The lowest BCUT2D eigenvalue weighted by molar-refractivity contribution is -0.274.